The van der Waals surface area contributed by atoms with E-state index >= 15 is 0 Å². The highest BCUT2D eigenvalue weighted by atomic mass is 16.5. The normalized spacial score (nSPS) is 10.4. The van der Waals surface area contributed by atoms with Gasteiger partial charge in [-0.15, -0.1) is 6.42 Å². The number of nitrogens with zero attached hydrogens (tertiary/aromatic N) is 3. The second-order valence-corrected chi connectivity index (χ2v) is 6.29. The lowest BCUT2D eigenvalue weighted by Gasteiger charge is -2.16. The van der Waals surface area contributed by atoms with Crippen LogP contribution in [0.25, 0.3) is 0 Å². The molecule has 0 unspecified atom stereocenters. The fourth-order valence-corrected chi connectivity index (χ4v) is 2.53. The van der Waals surface area contributed by atoms with E-state index in [1.54, 1.807) is 18.5 Å². The monoisotopic (exact) mass is 359 g/mol. The number of hydrogen-bond acceptors (Lipinski definition) is 6. The minimum absolute atomic E-state index is 0.168. The Labute approximate surface area is 158 Å². The summed E-state index contributed by atoms with van der Waals surface area (Å²) < 4.78 is 6.11. The van der Waals surface area contributed by atoms with E-state index in [0.717, 1.165) is 11.1 Å². The summed E-state index contributed by atoms with van der Waals surface area (Å²) in [5.74, 6) is 4.53. The van der Waals surface area contributed by atoms with Crippen molar-refractivity contribution in [1.29, 1.82) is 0 Å². The van der Waals surface area contributed by atoms with Crippen LogP contribution in [0.2, 0.25) is 0 Å². The standard InChI is InChI=1S/C21H21N5O/c1-4-16-10-18(17(12-23-16)14(2)3)27-19-13-25-21(22)26-20(19)24-11-15-8-6-5-7-9-15/h1,5-10,12-14H,11H2,2-3H3,(H3,22,24,25,26). The maximum absolute atomic E-state index is 6.11. The molecule has 3 aromatic rings. The summed E-state index contributed by atoms with van der Waals surface area (Å²) in [5.41, 5.74) is 8.32. The lowest BCUT2D eigenvalue weighted by molar-refractivity contribution is 0.469. The van der Waals surface area contributed by atoms with Crippen molar-refractivity contribution in [2.75, 3.05) is 11.1 Å². The number of nitrogen functional groups attached to an aromatic ring is 1. The van der Waals surface area contributed by atoms with Crippen molar-refractivity contribution in [1.82, 2.24) is 15.0 Å². The Kier molecular flexibility index (Phi) is 5.53. The van der Waals surface area contributed by atoms with Gasteiger partial charge in [-0.3, -0.25) is 0 Å². The Morgan fingerprint density at radius 3 is 2.63 bits per heavy atom. The van der Waals surface area contributed by atoms with Crippen molar-refractivity contribution < 1.29 is 4.74 Å². The fourth-order valence-electron chi connectivity index (χ4n) is 2.53. The molecule has 2 heterocycles. The molecule has 0 aliphatic heterocycles. The summed E-state index contributed by atoms with van der Waals surface area (Å²) in [5, 5.41) is 3.26. The molecule has 0 bridgehead atoms. The van der Waals surface area contributed by atoms with Gasteiger partial charge in [-0.05, 0) is 11.5 Å². The van der Waals surface area contributed by atoms with E-state index in [-0.39, 0.29) is 11.9 Å². The van der Waals surface area contributed by atoms with E-state index in [4.69, 9.17) is 16.9 Å². The third-order valence-corrected chi connectivity index (χ3v) is 3.96. The number of nitrogens with two attached hydrogens (primary N) is 1. The average molecular weight is 359 g/mol. The Hall–Kier alpha value is -3.59. The van der Waals surface area contributed by atoms with Crippen molar-refractivity contribution in [2.45, 2.75) is 26.3 Å². The zero-order chi connectivity index (χ0) is 19.2. The zero-order valence-corrected chi connectivity index (χ0v) is 15.3. The SMILES string of the molecule is C#Cc1cc(Oc2cnc(N)nc2NCc2ccccc2)c(C(C)C)cn1. The molecule has 0 saturated carbocycles. The van der Waals surface area contributed by atoms with Gasteiger partial charge in [0, 0.05) is 24.4 Å². The molecule has 6 heteroatoms. The van der Waals surface area contributed by atoms with E-state index in [9.17, 15) is 0 Å². The van der Waals surface area contributed by atoms with Crippen LogP contribution in [0.4, 0.5) is 11.8 Å². The molecule has 27 heavy (non-hydrogen) atoms. The summed E-state index contributed by atoms with van der Waals surface area (Å²) in [6, 6.07) is 11.7. The quantitative estimate of drug-likeness (QED) is 0.648. The van der Waals surface area contributed by atoms with Crippen LogP contribution in [0.1, 0.15) is 36.6 Å². The van der Waals surface area contributed by atoms with E-state index < -0.39 is 0 Å². The molecule has 3 N–H and O–H groups in total. The maximum Gasteiger partial charge on any atom is 0.222 e. The van der Waals surface area contributed by atoms with Gasteiger partial charge in [0.2, 0.25) is 5.95 Å². The van der Waals surface area contributed by atoms with Crippen LogP contribution in [-0.2, 0) is 6.54 Å². The predicted octanol–water partition coefficient (Wildman–Crippen LogP) is 3.96. The molecule has 0 amide bonds. The summed E-state index contributed by atoms with van der Waals surface area (Å²) in [6.07, 6.45) is 8.77. The van der Waals surface area contributed by atoms with E-state index in [0.29, 0.717) is 29.6 Å². The van der Waals surface area contributed by atoms with E-state index in [1.807, 2.05) is 30.3 Å². The minimum atomic E-state index is 0.168. The lowest BCUT2D eigenvalue weighted by Crippen LogP contribution is -2.07. The lowest BCUT2D eigenvalue weighted by atomic mass is 10.0. The number of benzene rings is 1. The molecular formula is C21H21N5O. The molecular weight excluding hydrogens is 338 g/mol. The molecule has 0 aliphatic carbocycles. The molecule has 0 fully saturated rings. The van der Waals surface area contributed by atoms with Crippen LogP contribution in [0.15, 0.2) is 48.8 Å². The Morgan fingerprint density at radius 1 is 1.15 bits per heavy atom. The highest BCUT2D eigenvalue weighted by molar-refractivity contribution is 5.54. The molecule has 136 valence electrons. The summed E-state index contributed by atoms with van der Waals surface area (Å²) in [4.78, 5) is 12.6. The first-order valence-electron chi connectivity index (χ1n) is 8.61. The molecule has 1 aromatic carbocycles. The third kappa shape index (κ3) is 4.53. The smallest absolute Gasteiger partial charge is 0.222 e. The minimum Gasteiger partial charge on any atom is -0.451 e. The highest BCUT2D eigenvalue weighted by Gasteiger charge is 2.14. The van der Waals surface area contributed by atoms with Crippen LogP contribution in [0, 0.1) is 12.3 Å². The average Bonchev–Trinajstić information content (AvgIpc) is 2.68. The Balaban J connectivity index is 1.90. The topological polar surface area (TPSA) is 86.0 Å². The van der Waals surface area contributed by atoms with Gasteiger partial charge < -0.3 is 15.8 Å². The number of pyridine rings is 1. The van der Waals surface area contributed by atoms with Gasteiger partial charge in [0.05, 0.1) is 6.20 Å². The molecule has 3 rings (SSSR count). The largest absolute Gasteiger partial charge is 0.451 e. The Bertz CT molecular complexity index is 964. The third-order valence-electron chi connectivity index (χ3n) is 3.96. The predicted molar refractivity (Wildman–Crippen MR) is 107 cm³/mol. The number of aromatic nitrogens is 3. The highest BCUT2D eigenvalue weighted by Crippen LogP contribution is 2.33. The molecule has 2 aromatic heterocycles. The van der Waals surface area contributed by atoms with Gasteiger partial charge in [-0.2, -0.15) is 4.98 Å². The van der Waals surface area contributed by atoms with Crippen LogP contribution >= 0.6 is 0 Å². The maximum atomic E-state index is 6.11. The fraction of sp³-hybridized carbons (Fsp3) is 0.190. The van der Waals surface area contributed by atoms with Crippen LogP contribution < -0.4 is 15.8 Å². The van der Waals surface area contributed by atoms with Gasteiger partial charge in [0.1, 0.15) is 11.4 Å². The van der Waals surface area contributed by atoms with Crippen LogP contribution in [0.3, 0.4) is 0 Å². The van der Waals surface area contributed by atoms with Crippen molar-refractivity contribution in [3.8, 4) is 23.8 Å². The number of anilines is 2. The number of ether oxygens (including phenoxy) is 1. The molecule has 0 aliphatic rings. The van der Waals surface area contributed by atoms with Gasteiger partial charge in [0.15, 0.2) is 11.6 Å². The van der Waals surface area contributed by atoms with Crippen molar-refractivity contribution in [2.24, 2.45) is 0 Å². The number of nitrogens with one attached hydrogen (secondary N) is 1. The van der Waals surface area contributed by atoms with Gasteiger partial charge >= 0.3 is 0 Å². The summed E-state index contributed by atoms with van der Waals surface area (Å²) >= 11 is 0. The second kappa shape index (κ2) is 8.19. The zero-order valence-electron chi connectivity index (χ0n) is 15.3. The van der Waals surface area contributed by atoms with Crippen LogP contribution in [-0.4, -0.2) is 15.0 Å². The van der Waals surface area contributed by atoms with Crippen molar-refractivity contribution >= 4 is 11.8 Å². The number of terminal acetylenes is 1. The van der Waals surface area contributed by atoms with E-state index in [2.05, 4.69) is 40.0 Å². The van der Waals surface area contributed by atoms with E-state index in [1.165, 1.54) is 0 Å². The van der Waals surface area contributed by atoms with Crippen LogP contribution in [0.5, 0.6) is 11.5 Å². The Morgan fingerprint density at radius 2 is 1.93 bits per heavy atom. The molecule has 6 nitrogen and oxygen atoms in total. The van der Waals surface area contributed by atoms with Gasteiger partial charge in [-0.1, -0.05) is 50.1 Å². The molecule has 0 radical (unpaired) electrons. The van der Waals surface area contributed by atoms with Crippen molar-refractivity contribution in [3.63, 3.8) is 0 Å². The second-order valence-electron chi connectivity index (χ2n) is 6.29. The summed E-state index contributed by atoms with van der Waals surface area (Å²) in [7, 11) is 0. The number of hydrogen-bond donors (Lipinski definition) is 2. The molecule has 0 spiro atoms. The first-order valence-corrected chi connectivity index (χ1v) is 8.61. The van der Waals surface area contributed by atoms with Gasteiger partial charge in [-0.25, -0.2) is 9.97 Å². The summed E-state index contributed by atoms with van der Waals surface area (Å²) in [6.45, 7) is 4.71. The number of rotatable bonds is 6. The first kappa shape index (κ1) is 18.2. The van der Waals surface area contributed by atoms with Crippen molar-refractivity contribution in [3.05, 3.63) is 65.6 Å². The molecule has 0 saturated heterocycles. The first-order chi connectivity index (χ1) is 13.1. The molecule has 0 atom stereocenters. The van der Waals surface area contributed by atoms with Gasteiger partial charge in [0.25, 0.3) is 0 Å².